The largest absolute Gasteiger partial charge is 0.311 e. The van der Waals surface area contributed by atoms with Crippen LogP contribution < -0.4 is 5.32 Å². The molecule has 1 fully saturated rings. The van der Waals surface area contributed by atoms with Crippen LogP contribution in [0.1, 0.15) is 43.0 Å². The second kappa shape index (κ2) is 7.36. The number of nitrogens with zero attached hydrogens (tertiary/aromatic N) is 4. The highest BCUT2D eigenvalue weighted by molar-refractivity contribution is 7.81. The maximum absolute atomic E-state index is 11.2. The Labute approximate surface area is 159 Å². The van der Waals surface area contributed by atoms with Crippen LogP contribution >= 0.6 is 12.6 Å². The fourth-order valence-corrected chi connectivity index (χ4v) is 3.77. The van der Waals surface area contributed by atoms with Gasteiger partial charge in [-0.1, -0.05) is 0 Å². The van der Waals surface area contributed by atoms with E-state index in [9.17, 15) is 4.79 Å². The minimum Gasteiger partial charge on any atom is -0.311 e. The molecule has 1 saturated heterocycles. The quantitative estimate of drug-likeness (QED) is 0.700. The summed E-state index contributed by atoms with van der Waals surface area (Å²) in [6, 6.07) is 1.84. The van der Waals surface area contributed by atoms with E-state index >= 15 is 0 Å². The molecule has 0 saturated carbocycles. The Morgan fingerprint density at radius 2 is 2.27 bits per heavy atom. The Morgan fingerprint density at radius 1 is 1.50 bits per heavy atom. The number of aromatic nitrogens is 4. The van der Waals surface area contributed by atoms with E-state index in [1.807, 2.05) is 33.0 Å². The van der Waals surface area contributed by atoms with Crippen molar-refractivity contribution in [3.63, 3.8) is 0 Å². The van der Waals surface area contributed by atoms with Crippen molar-refractivity contribution in [3.05, 3.63) is 35.0 Å². The highest BCUT2D eigenvalue weighted by atomic mass is 32.1. The summed E-state index contributed by atoms with van der Waals surface area (Å²) in [6.07, 6.45) is 3.86. The fraction of sp³-hybridized carbons (Fsp3) is 0.556. The molecule has 1 unspecified atom stereocenters. The first-order valence-corrected chi connectivity index (χ1v) is 9.30. The second-order valence-electron chi connectivity index (χ2n) is 7.22. The van der Waals surface area contributed by atoms with Crippen LogP contribution in [0.4, 0.5) is 5.82 Å². The summed E-state index contributed by atoms with van der Waals surface area (Å²) < 4.78 is 0. The highest BCUT2D eigenvalue weighted by Gasteiger charge is 2.37. The SMILES string of the molecule is CC(=O)Nc1cc(C(C)(S)N2CC[C@H](Cc3ncc(C)nc3C)C2)n[nH]1. The molecule has 2 aromatic heterocycles. The molecule has 1 aliphatic rings. The van der Waals surface area contributed by atoms with Gasteiger partial charge in [-0.2, -0.15) is 17.7 Å². The summed E-state index contributed by atoms with van der Waals surface area (Å²) in [5.74, 6) is 0.983. The third-order valence-electron chi connectivity index (χ3n) is 4.93. The lowest BCUT2D eigenvalue weighted by Gasteiger charge is -2.33. The van der Waals surface area contributed by atoms with Crippen LogP contribution in [0.15, 0.2) is 12.3 Å². The standard InChI is InChI=1S/C18H26N6OS/c1-11-9-19-15(12(2)20-11)7-14-5-6-24(10-14)18(4,26)16-8-17(23-22-16)21-13(3)25/h8-9,14,26H,5-7,10H2,1-4H3,(H2,21,22,23,25)/t14-,18?/m1/s1. The molecule has 1 amide bonds. The van der Waals surface area contributed by atoms with Gasteiger partial charge in [0.25, 0.3) is 0 Å². The average molecular weight is 375 g/mol. The maximum atomic E-state index is 11.2. The van der Waals surface area contributed by atoms with Gasteiger partial charge >= 0.3 is 0 Å². The Hall–Kier alpha value is -1.93. The minimum atomic E-state index is -0.504. The molecular weight excluding hydrogens is 348 g/mol. The number of carbonyl (C=O) groups is 1. The second-order valence-corrected chi connectivity index (χ2v) is 8.09. The van der Waals surface area contributed by atoms with Crippen molar-refractivity contribution in [1.29, 1.82) is 0 Å². The zero-order valence-corrected chi connectivity index (χ0v) is 16.6. The number of hydrogen-bond acceptors (Lipinski definition) is 6. The lowest BCUT2D eigenvalue weighted by Crippen LogP contribution is -2.38. The molecular formula is C18H26N6OS. The molecule has 0 aliphatic carbocycles. The third-order valence-corrected chi connectivity index (χ3v) is 5.44. The first kappa shape index (κ1) is 18.8. The van der Waals surface area contributed by atoms with Crippen LogP contribution in [0.3, 0.4) is 0 Å². The van der Waals surface area contributed by atoms with Crippen LogP contribution in [-0.2, 0) is 16.1 Å². The predicted octanol–water partition coefficient (Wildman–Crippen LogP) is 2.44. The van der Waals surface area contributed by atoms with Gasteiger partial charge in [0.05, 0.1) is 22.8 Å². The van der Waals surface area contributed by atoms with E-state index in [0.717, 1.165) is 48.7 Å². The normalized spacial score (nSPS) is 20.1. The molecule has 140 valence electrons. The lowest BCUT2D eigenvalue weighted by molar-refractivity contribution is -0.114. The van der Waals surface area contributed by atoms with Crippen molar-refractivity contribution in [2.24, 2.45) is 5.92 Å². The number of H-pyrrole nitrogens is 1. The number of hydrogen-bond donors (Lipinski definition) is 3. The number of likely N-dealkylation sites (tertiary alicyclic amines) is 1. The molecule has 3 rings (SSSR count). The number of aromatic amines is 1. The number of nitrogens with one attached hydrogen (secondary N) is 2. The Bertz CT molecular complexity index is 803. The van der Waals surface area contributed by atoms with Crippen LogP contribution in [0.2, 0.25) is 0 Å². The molecule has 2 N–H and O–H groups in total. The van der Waals surface area contributed by atoms with Crippen molar-refractivity contribution >= 4 is 24.4 Å². The first-order chi connectivity index (χ1) is 12.3. The van der Waals surface area contributed by atoms with Crippen LogP contribution in [-0.4, -0.2) is 44.1 Å². The molecule has 3 heterocycles. The van der Waals surface area contributed by atoms with Crippen LogP contribution in [0.5, 0.6) is 0 Å². The minimum absolute atomic E-state index is 0.128. The van der Waals surface area contributed by atoms with Gasteiger partial charge in [-0.15, -0.1) is 0 Å². The lowest BCUT2D eigenvalue weighted by atomic mass is 10.0. The van der Waals surface area contributed by atoms with Gasteiger partial charge in [-0.25, -0.2) is 0 Å². The fourth-order valence-electron chi connectivity index (χ4n) is 3.47. The molecule has 8 heteroatoms. The Balaban J connectivity index is 1.66. The van der Waals surface area contributed by atoms with E-state index in [2.05, 4.69) is 30.4 Å². The summed E-state index contributed by atoms with van der Waals surface area (Å²) in [7, 11) is 0. The van der Waals surface area contributed by atoms with E-state index < -0.39 is 4.87 Å². The molecule has 0 bridgehead atoms. The van der Waals surface area contributed by atoms with Crippen molar-refractivity contribution in [1.82, 2.24) is 25.1 Å². The Kier molecular flexibility index (Phi) is 5.34. The molecule has 2 atom stereocenters. The van der Waals surface area contributed by atoms with E-state index in [0.29, 0.717) is 11.7 Å². The van der Waals surface area contributed by atoms with Crippen LogP contribution in [0.25, 0.3) is 0 Å². The topological polar surface area (TPSA) is 86.8 Å². The zero-order valence-electron chi connectivity index (χ0n) is 15.7. The van der Waals surface area contributed by atoms with E-state index in [1.54, 1.807) is 0 Å². The smallest absolute Gasteiger partial charge is 0.222 e. The van der Waals surface area contributed by atoms with Crippen LogP contribution in [0, 0.1) is 19.8 Å². The number of thiol groups is 1. The molecule has 0 radical (unpaired) electrons. The number of carbonyl (C=O) groups excluding carboxylic acids is 1. The van der Waals surface area contributed by atoms with E-state index in [-0.39, 0.29) is 5.91 Å². The monoisotopic (exact) mass is 374 g/mol. The average Bonchev–Trinajstić information content (AvgIpc) is 3.19. The van der Waals surface area contributed by atoms with Gasteiger partial charge in [0.15, 0.2) is 0 Å². The number of anilines is 1. The predicted molar refractivity (Wildman–Crippen MR) is 104 cm³/mol. The number of amides is 1. The third kappa shape index (κ3) is 4.07. The van der Waals surface area contributed by atoms with Gasteiger partial charge in [0, 0.05) is 32.3 Å². The Morgan fingerprint density at radius 3 is 2.96 bits per heavy atom. The summed E-state index contributed by atoms with van der Waals surface area (Å²) >= 11 is 4.88. The highest BCUT2D eigenvalue weighted by Crippen LogP contribution is 2.37. The van der Waals surface area contributed by atoms with Gasteiger partial charge in [-0.3, -0.25) is 24.8 Å². The van der Waals surface area contributed by atoms with Crippen molar-refractivity contribution in [2.45, 2.75) is 45.4 Å². The molecule has 0 spiro atoms. The molecule has 2 aromatic rings. The molecule has 1 aliphatic heterocycles. The van der Waals surface area contributed by atoms with E-state index in [4.69, 9.17) is 12.6 Å². The maximum Gasteiger partial charge on any atom is 0.222 e. The molecule has 26 heavy (non-hydrogen) atoms. The summed E-state index contributed by atoms with van der Waals surface area (Å²) in [5.41, 5.74) is 3.85. The summed E-state index contributed by atoms with van der Waals surface area (Å²) in [5, 5.41) is 9.91. The van der Waals surface area contributed by atoms with Gasteiger partial charge in [0.2, 0.25) is 5.91 Å². The molecule has 7 nitrogen and oxygen atoms in total. The first-order valence-electron chi connectivity index (χ1n) is 8.85. The van der Waals surface area contributed by atoms with Crippen molar-refractivity contribution in [3.8, 4) is 0 Å². The zero-order chi connectivity index (χ0) is 18.9. The summed E-state index contributed by atoms with van der Waals surface area (Å²) in [6.45, 7) is 9.39. The van der Waals surface area contributed by atoms with Crippen molar-refractivity contribution in [2.75, 3.05) is 18.4 Å². The number of aryl methyl sites for hydroxylation is 2. The summed E-state index contributed by atoms with van der Waals surface area (Å²) in [4.78, 5) is 22.1. The number of rotatable bonds is 5. The van der Waals surface area contributed by atoms with Crippen molar-refractivity contribution < 1.29 is 4.79 Å². The van der Waals surface area contributed by atoms with Gasteiger partial charge in [-0.05, 0) is 39.5 Å². The van der Waals surface area contributed by atoms with E-state index in [1.165, 1.54) is 6.92 Å². The molecule has 0 aromatic carbocycles. The van der Waals surface area contributed by atoms with Gasteiger partial charge in [0.1, 0.15) is 10.7 Å². The van der Waals surface area contributed by atoms with Gasteiger partial charge < -0.3 is 5.32 Å².